The van der Waals surface area contributed by atoms with Crippen LogP contribution in [0, 0.1) is 0 Å². The monoisotopic (exact) mass is 391 g/mol. The number of piperidine rings is 1. The molecule has 0 aliphatic carbocycles. The summed E-state index contributed by atoms with van der Waals surface area (Å²) in [5.74, 6) is 1.57. The number of carbonyl (C=O) groups excluding carboxylic acids is 1. The zero-order chi connectivity index (χ0) is 20.2. The molecule has 0 spiro atoms. The number of benzene rings is 2. The fourth-order valence-corrected chi connectivity index (χ4v) is 3.62. The molecular weight excluding hydrogens is 366 g/mol. The van der Waals surface area contributed by atoms with Crippen LogP contribution in [0.3, 0.4) is 0 Å². The van der Waals surface area contributed by atoms with Gasteiger partial charge in [0.05, 0.1) is 25.6 Å². The summed E-state index contributed by atoms with van der Waals surface area (Å²) in [6.45, 7) is 1.59. The lowest BCUT2D eigenvalue weighted by Crippen LogP contribution is -2.36. The summed E-state index contributed by atoms with van der Waals surface area (Å²) in [6.07, 6.45) is 3.28. The lowest BCUT2D eigenvalue weighted by atomic mass is 10.1. The van der Waals surface area contributed by atoms with Crippen LogP contribution in [0.2, 0.25) is 0 Å². The van der Waals surface area contributed by atoms with Gasteiger partial charge in [-0.3, -0.25) is 4.79 Å². The molecule has 1 aromatic heterocycles. The molecule has 6 nitrogen and oxygen atoms in total. The number of carbonyl (C=O) groups is 1. The lowest BCUT2D eigenvalue weighted by Gasteiger charge is -2.26. The van der Waals surface area contributed by atoms with Gasteiger partial charge in [-0.25, -0.2) is 4.68 Å². The van der Waals surface area contributed by atoms with E-state index >= 15 is 0 Å². The Morgan fingerprint density at radius 2 is 1.45 bits per heavy atom. The summed E-state index contributed by atoms with van der Waals surface area (Å²) in [5, 5.41) is 4.77. The van der Waals surface area contributed by atoms with Gasteiger partial charge >= 0.3 is 0 Å². The number of rotatable bonds is 5. The topological polar surface area (TPSA) is 56.6 Å². The van der Waals surface area contributed by atoms with Crippen molar-refractivity contribution in [3.63, 3.8) is 0 Å². The van der Waals surface area contributed by atoms with Gasteiger partial charge in [-0.2, -0.15) is 5.10 Å². The Kier molecular flexibility index (Phi) is 5.51. The van der Waals surface area contributed by atoms with Crippen LogP contribution in [0.5, 0.6) is 11.5 Å². The van der Waals surface area contributed by atoms with Crippen molar-refractivity contribution in [1.82, 2.24) is 14.7 Å². The Balaban J connectivity index is 1.75. The van der Waals surface area contributed by atoms with Gasteiger partial charge in [0.1, 0.15) is 17.2 Å². The largest absolute Gasteiger partial charge is 0.497 e. The van der Waals surface area contributed by atoms with Crippen LogP contribution in [-0.2, 0) is 0 Å². The third-order valence-corrected chi connectivity index (χ3v) is 5.27. The molecule has 150 valence electrons. The first-order valence-electron chi connectivity index (χ1n) is 9.88. The number of methoxy groups -OCH3 is 2. The van der Waals surface area contributed by atoms with Crippen molar-refractivity contribution in [3.8, 4) is 28.4 Å². The molecule has 1 saturated heterocycles. The van der Waals surface area contributed by atoms with Crippen LogP contribution >= 0.6 is 0 Å². The van der Waals surface area contributed by atoms with Crippen molar-refractivity contribution in [2.24, 2.45) is 0 Å². The summed E-state index contributed by atoms with van der Waals surface area (Å²) in [6, 6.07) is 17.2. The molecule has 6 heteroatoms. The van der Waals surface area contributed by atoms with Gasteiger partial charge in [0, 0.05) is 18.7 Å². The molecule has 3 aromatic rings. The van der Waals surface area contributed by atoms with Crippen molar-refractivity contribution >= 4 is 5.91 Å². The highest BCUT2D eigenvalue weighted by atomic mass is 16.5. The molecule has 4 rings (SSSR count). The van der Waals surface area contributed by atoms with E-state index in [-0.39, 0.29) is 5.91 Å². The third kappa shape index (κ3) is 3.97. The molecule has 0 bridgehead atoms. The van der Waals surface area contributed by atoms with Crippen molar-refractivity contribution in [2.75, 3.05) is 27.3 Å². The number of hydrogen-bond donors (Lipinski definition) is 0. The van der Waals surface area contributed by atoms with Crippen molar-refractivity contribution < 1.29 is 14.3 Å². The minimum atomic E-state index is 0.0211. The summed E-state index contributed by atoms with van der Waals surface area (Å²) in [4.78, 5) is 15.2. The standard InChI is InChI=1S/C23H25N3O3/c1-28-19-10-6-17(7-11-19)21-16-22(23(27)25-14-4-3-5-15-25)26(24-21)18-8-12-20(29-2)13-9-18/h6-13,16H,3-5,14-15H2,1-2H3. The van der Waals surface area contributed by atoms with E-state index in [4.69, 9.17) is 14.6 Å². The van der Waals surface area contributed by atoms with E-state index in [0.717, 1.165) is 54.4 Å². The molecule has 1 amide bonds. The Labute approximate surface area is 170 Å². The highest BCUT2D eigenvalue weighted by Gasteiger charge is 2.24. The van der Waals surface area contributed by atoms with Crippen LogP contribution < -0.4 is 9.47 Å². The molecule has 0 unspecified atom stereocenters. The first-order valence-corrected chi connectivity index (χ1v) is 9.88. The fraction of sp³-hybridized carbons (Fsp3) is 0.304. The Morgan fingerprint density at radius 3 is 2.03 bits per heavy atom. The average molecular weight is 391 g/mol. The summed E-state index contributed by atoms with van der Waals surface area (Å²) in [5.41, 5.74) is 3.09. The normalized spacial score (nSPS) is 13.9. The highest BCUT2D eigenvalue weighted by Crippen LogP contribution is 2.26. The molecule has 2 heterocycles. The predicted octanol–water partition coefficient (Wildman–Crippen LogP) is 4.18. The van der Waals surface area contributed by atoms with E-state index in [9.17, 15) is 4.79 Å². The summed E-state index contributed by atoms with van der Waals surface area (Å²) < 4.78 is 12.2. The van der Waals surface area contributed by atoms with Crippen LogP contribution in [0.4, 0.5) is 0 Å². The van der Waals surface area contributed by atoms with E-state index in [1.165, 1.54) is 6.42 Å². The van der Waals surface area contributed by atoms with E-state index in [1.807, 2.05) is 59.5 Å². The van der Waals surface area contributed by atoms with Crippen LogP contribution in [-0.4, -0.2) is 47.9 Å². The second kappa shape index (κ2) is 8.39. The van der Waals surface area contributed by atoms with Crippen LogP contribution in [0.25, 0.3) is 16.9 Å². The first kappa shape index (κ1) is 19.1. The summed E-state index contributed by atoms with van der Waals surface area (Å²) in [7, 11) is 3.28. The lowest BCUT2D eigenvalue weighted by molar-refractivity contribution is 0.0715. The molecule has 1 aliphatic heterocycles. The van der Waals surface area contributed by atoms with Gasteiger partial charge in [0.25, 0.3) is 5.91 Å². The van der Waals surface area contributed by atoms with Gasteiger partial charge in [-0.05, 0) is 73.9 Å². The fourth-order valence-electron chi connectivity index (χ4n) is 3.62. The van der Waals surface area contributed by atoms with E-state index in [1.54, 1.807) is 18.9 Å². The highest BCUT2D eigenvalue weighted by molar-refractivity contribution is 5.94. The van der Waals surface area contributed by atoms with Crippen LogP contribution in [0.1, 0.15) is 29.8 Å². The second-order valence-electron chi connectivity index (χ2n) is 7.11. The van der Waals surface area contributed by atoms with E-state index in [2.05, 4.69) is 0 Å². The second-order valence-corrected chi connectivity index (χ2v) is 7.11. The Hall–Kier alpha value is -3.28. The molecule has 0 radical (unpaired) electrons. The Bertz CT molecular complexity index is 972. The quantitative estimate of drug-likeness (QED) is 0.655. The van der Waals surface area contributed by atoms with Crippen LogP contribution in [0.15, 0.2) is 54.6 Å². The SMILES string of the molecule is COc1ccc(-c2cc(C(=O)N3CCCCC3)n(-c3ccc(OC)cc3)n2)cc1. The van der Waals surface area contributed by atoms with Gasteiger partial charge in [-0.15, -0.1) is 0 Å². The smallest absolute Gasteiger partial charge is 0.272 e. The molecule has 0 N–H and O–H groups in total. The minimum Gasteiger partial charge on any atom is -0.497 e. The number of ether oxygens (including phenoxy) is 2. The number of amides is 1. The first-order chi connectivity index (χ1) is 14.2. The molecule has 0 saturated carbocycles. The molecule has 1 fully saturated rings. The van der Waals surface area contributed by atoms with E-state index in [0.29, 0.717) is 5.69 Å². The maximum atomic E-state index is 13.3. The van der Waals surface area contributed by atoms with Gasteiger partial charge in [-0.1, -0.05) is 0 Å². The van der Waals surface area contributed by atoms with Crippen molar-refractivity contribution in [2.45, 2.75) is 19.3 Å². The molecule has 0 atom stereocenters. The minimum absolute atomic E-state index is 0.0211. The maximum Gasteiger partial charge on any atom is 0.272 e. The Morgan fingerprint density at radius 1 is 0.862 bits per heavy atom. The van der Waals surface area contributed by atoms with Gasteiger partial charge < -0.3 is 14.4 Å². The average Bonchev–Trinajstić information content (AvgIpc) is 3.24. The van der Waals surface area contributed by atoms with Gasteiger partial charge in [0.2, 0.25) is 0 Å². The zero-order valence-electron chi connectivity index (χ0n) is 16.8. The molecule has 1 aliphatic rings. The molecular formula is C23H25N3O3. The summed E-state index contributed by atoms with van der Waals surface area (Å²) >= 11 is 0. The molecule has 29 heavy (non-hydrogen) atoms. The predicted molar refractivity (Wildman–Crippen MR) is 112 cm³/mol. The van der Waals surface area contributed by atoms with Crippen molar-refractivity contribution in [3.05, 3.63) is 60.3 Å². The third-order valence-electron chi connectivity index (χ3n) is 5.27. The number of aromatic nitrogens is 2. The molecule has 2 aromatic carbocycles. The van der Waals surface area contributed by atoms with Crippen molar-refractivity contribution in [1.29, 1.82) is 0 Å². The number of nitrogens with zero attached hydrogens (tertiary/aromatic N) is 3. The zero-order valence-corrected chi connectivity index (χ0v) is 16.8. The van der Waals surface area contributed by atoms with Gasteiger partial charge in [0.15, 0.2) is 0 Å². The number of likely N-dealkylation sites (tertiary alicyclic amines) is 1. The maximum absolute atomic E-state index is 13.3. The number of hydrogen-bond acceptors (Lipinski definition) is 4. The van der Waals surface area contributed by atoms with E-state index < -0.39 is 0 Å².